The summed E-state index contributed by atoms with van der Waals surface area (Å²) in [6.07, 6.45) is 2.78. The van der Waals surface area contributed by atoms with Crippen LogP contribution in [-0.2, 0) is 4.79 Å². The Hall–Kier alpha value is -0.680. The van der Waals surface area contributed by atoms with Crippen LogP contribution in [0.2, 0.25) is 0 Å². The molecule has 1 amide bonds. The zero-order valence-electron chi connectivity index (χ0n) is 13.5. The summed E-state index contributed by atoms with van der Waals surface area (Å²) in [5.41, 5.74) is 5.62. The Labute approximate surface area is 128 Å². The Morgan fingerprint density at radius 3 is 2.35 bits per heavy atom. The highest BCUT2D eigenvalue weighted by Gasteiger charge is 2.36. The maximum absolute atomic E-state index is 12.3. The van der Waals surface area contributed by atoms with Gasteiger partial charge in [0.15, 0.2) is 0 Å². The average Bonchev–Trinajstić information content (AvgIpc) is 2.38. The number of hydrogen-bond donors (Lipinski definition) is 2. The van der Waals surface area contributed by atoms with Crippen molar-refractivity contribution in [2.45, 2.75) is 65.5 Å². The van der Waals surface area contributed by atoms with E-state index in [1.54, 1.807) is 0 Å². The minimum atomic E-state index is -0.144. The van der Waals surface area contributed by atoms with Gasteiger partial charge in [-0.3, -0.25) is 9.69 Å². The van der Waals surface area contributed by atoms with Gasteiger partial charge in [0.25, 0.3) is 0 Å². The molecule has 116 valence electrons. The molecular weight excluding hydrogens is 270 g/mol. The highest BCUT2D eigenvalue weighted by molar-refractivity contribution is 7.80. The first-order valence-corrected chi connectivity index (χ1v) is 7.88. The van der Waals surface area contributed by atoms with Crippen molar-refractivity contribution >= 4 is 23.1 Å². The van der Waals surface area contributed by atoms with Crippen LogP contribution in [0, 0.1) is 5.41 Å². The van der Waals surface area contributed by atoms with Gasteiger partial charge in [-0.1, -0.05) is 26.1 Å². The highest BCUT2D eigenvalue weighted by Crippen LogP contribution is 2.31. The molecule has 1 heterocycles. The summed E-state index contributed by atoms with van der Waals surface area (Å²) in [5, 5.41) is 3.12. The van der Waals surface area contributed by atoms with E-state index in [2.05, 4.69) is 37.9 Å². The van der Waals surface area contributed by atoms with Crippen molar-refractivity contribution in [3.63, 3.8) is 0 Å². The maximum atomic E-state index is 12.3. The number of rotatable bonds is 5. The van der Waals surface area contributed by atoms with Gasteiger partial charge in [0, 0.05) is 11.0 Å². The molecule has 0 spiro atoms. The van der Waals surface area contributed by atoms with Crippen LogP contribution in [0.1, 0.15) is 53.9 Å². The summed E-state index contributed by atoms with van der Waals surface area (Å²) < 4.78 is 0. The fourth-order valence-corrected chi connectivity index (χ4v) is 2.55. The van der Waals surface area contributed by atoms with E-state index in [0.717, 1.165) is 32.4 Å². The maximum Gasteiger partial charge on any atom is 0.237 e. The lowest BCUT2D eigenvalue weighted by Crippen LogP contribution is -2.55. The Morgan fingerprint density at radius 2 is 1.95 bits per heavy atom. The zero-order chi connectivity index (χ0) is 15.6. The number of likely N-dealkylation sites (tertiary alicyclic amines) is 1. The van der Waals surface area contributed by atoms with E-state index in [4.69, 9.17) is 18.0 Å². The first-order valence-electron chi connectivity index (χ1n) is 7.47. The number of nitrogens with one attached hydrogen (secondary N) is 1. The molecule has 1 aliphatic heterocycles. The molecule has 1 aliphatic rings. The molecule has 0 saturated carbocycles. The number of nitrogens with zero attached hydrogens (tertiary/aromatic N) is 1. The number of nitrogens with two attached hydrogens (primary N) is 1. The van der Waals surface area contributed by atoms with Crippen LogP contribution in [0.5, 0.6) is 0 Å². The van der Waals surface area contributed by atoms with Crippen molar-refractivity contribution in [3.05, 3.63) is 0 Å². The fraction of sp³-hybridized carbons (Fsp3) is 0.867. The first kappa shape index (κ1) is 17.4. The second-order valence-electron chi connectivity index (χ2n) is 6.86. The smallest absolute Gasteiger partial charge is 0.237 e. The molecule has 20 heavy (non-hydrogen) atoms. The molecule has 0 bridgehead atoms. The number of piperidine rings is 1. The largest absolute Gasteiger partial charge is 0.393 e. The van der Waals surface area contributed by atoms with E-state index in [1.165, 1.54) is 0 Å². The Kier molecular flexibility index (Phi) is 5.55. The van der Waals surface area contributed by atoms with Gasteiger partial charge in [0.05, 0.1) is 11.0 Å². The SMILES string of the molecule is CCC(C)(C)NC(=O)C(C)N1CCC(C)(C(N)=S)CC1. The number of hydrogen-bond acceptors (Lipinski definition) is 3. The monoisotopic (exact) mass is 299 g/mol. The number of thiocarbonyl (C=S) groups is 1. The van der Waals surface area contributed by atoms with Crippen LogP contribution in [-0.4, -0.2) is 40.5 Å². The van der Waals surface area contributed by atoms with Crippen LogP contribution >= 0.6 is 12.2 Å². The summed E-state index contributed by atoms with van der Waals surface area (Å²) in [5.74, 6) is 0.107. The van der Waals surface area contributed by atoms with Gasteiger partial charge in [-0.25, -0.2) is 0 Å². The molecule has 0 aromatic heterocycles. The topological polar surface area (TPSA) is 58.4 Å². The summed E-state index contributed by atoms with van der Waals surface area (Å²) in [7, 11) is 0. The number of amides is 1. The van der Waals surface area contributed by atoms with Gasteiger partial charge in [0.1, 0.15) is 0 Å². The molecular formula is C15H29N3OS. The standard InChI is InChI=1S/C15H29N3OS/c1-6-14(3,4)17-12(19)11(2)18-9-7-15(5,8-10-18)13(16)20/h11H,6-10H2,1-5H3,(H2,16,20)(H,17,19). The van der Waals surface area contributed by atoms with Gasteiger partial charge in [0.2, 0.25) is 5.91 Å². The normalized spacial score (nSPS) is 21.2. The van der Waals surface area contributed by atoms with Crippen molar-refractivity contribution in [2.75, 3.05) is 13.1 Å². The molecule has 0 aromatic carbocycles. The van der Waals surface area contributed by atoms with E-state index in [9.17, 15) is 4.79 Å². The summed E-state index contributed by atoms with van der Waals surface area (Å²) in [6.45, 7) is 12.0. The molecule has 0 aromatic rings. The summed E-state index contributed by atoms with van der Waals surface area (Å²) in [4.78, 5) is 15.1. The molecule has 1 unspecified atom stereocenters. The lowest BCUT2D eigenvalue weighted by Gasteiger charge is -2.41. The lowest BCUT2D eigenvalue weighted by molar-refractivity contribution is -0.128. The van der Waals surface area contributed by atoms with Gasteiger partial charge in [-0.05, 0) is 53.1 Å². The first-order chi connectivity index (χ1) is 9.11. The summed E-state index contributed by atoms with van der Waals surface area (Å²) >= 11 is 5.15. The minimum absolute atomic E-state index is 0.0509. The molecule has 1 saturated heterocycles. The number of carbonyl (C=O) groups is 1. The van der Waals surface area contributed by atoms with Gasteiger partial charge in [-0.15, -0.1) is 0 Å². The third-order valence-corrected chi connectivity index (χ3v) is 5.26. The lowest BCUT2D eigenvalue weighted by atomic mass is 9.80. The molecule has 4 nitrogen and oxygen atoms in total. The predicted octanol–water partition coefficient (Wildman–Crippen LogP) is 2.07. The van der Waals surface area contributed by atoms with Crippen molar-refractivity contribution < 1.29 is 4.79 Å². The molecule has 3 N–H and O–H groups in total. The number of carbonyl (C=O) groups excluding carboxylic acids is 1. The van der Waals surface area contributed by atoms with Crippen LogP contribution in [0.15, 0.2) is 0 Å². The second-order valence-corrected chi connectivity index (χ2v) is 7.30. The fourth-order valence-electron chi connectivity index (χ4n) is 2.34. The molecule has 1 fully saturated rings. The van der Waals surface area contributed by atoms with Crippen molar-refractivity contribution in [1.29, 1.82) is 0 Å². The average molecular weight is 299 g/mol. The van der Waals surface area contributed by atoms with Crippen molar-refractivity contribution in [1.82, 2.24) is 10.2 Å². The van der Waals surface area contributed by atoms with Crippen LogP contribution < -0.4 is 11.1 Å². The highest BCUT2D eigenvalue weighted by atomic mass is 32.1. The molecule has 1 atom stereocenters. The van der Waals surface area contributed by atoms with E-state index in [1.807, 2.05) is 6.92 Å². The quantitative estimate of drug-likeness (QED) is 0.763. The second kappa shape index (κ2) is 6.39. The molecule has 5 heteroatoms. The Morgan fingerprint density at radius 1 is 1.45 bits per heavy atom. The molecule has 1 rings (SSSR count). The van der Waals surface area contributed by atoms with Crippen molar-refractivity contribution in [3.8, 4) is 0 Å². The van der Waals surface area contributed by atoms with Gasteiger partial charge >= 0.3 is 0 Å². The third kappa shape index (κ3) is 4.16. The van der Waals surface area contributed by atoms with Gasteiger partial charge in [-0.2, -0.15) is 0 Å². The van der Waals surface area contributed by atoms with Crippen LogP contribution in [0.25, 0.3) is 0 Å². The third-order valence-electron chi connectivity index (χ3n) is 4.77. The summed E-state index contributed by atoms with van der Waals surface area (Å²) in [6, 6.07) is -0.100. The van der Waals surface area contributed by atoms with Gasteiger partial charge < -0.3 is 11.1 Å². The van der Waals surface area contributed by atoms with Crippen LogP contribution in [0.4, 0.5) is 0 Å². The predicted molar refractivity (Wildman–Crippen MR) is 87.7 cm³/mol. The van der Waals surface area contributed by atoms with E-state index in [0.29, 0.717) is 4.99 Å². The Bertz CT molecular complexity index is 373. The molecule has 0 aliphatic carbocycles. The molecule has 0 radical (unpaired) electrons. The zero-order valence-corrected chi connectivity index (χ0v) is 14.3. The minimum Gasteiger partial charge on any atom is -0.393 e. The van der Waals surface area contributed by atoms with E-state index < -0.39 is 0 Å². The Balaban J connectivity index is 2.57. The van der Waals surface area contributed by atoms with Crippen molar-refractivity contribution in [2.24, 2.45) is 11.1 Å². The van der Waals surface area contributed by atoms with Crippen LogP contribution in [0.3, 0.4) is 0 Å². The van der Waals surface area contributed by atoms with E-state index >= 15 is 0 Å². The van der Waals surface area contributed by atoms with E-state index in [-0.39, 0.29) is 22.9 Å².